The summed E-state index contributed by atoms with van der Waals surface area (Å²) in [6.07, 6.45) is 0. The second kappa shape index (κ2) is 13.0. The van der Waals surface area contributed by atoms with E-state index in [1.807, 2.05) is 24.3 Å². The lowest BCUT2D eigenvalue weighted by Crippen LogP contribution is -2.42. The van der Waals surface area contributed by atoms with Crippen molar-refractivity contribution >= 4 is 34.2 Å². The number of morpholine rings is 1. The molecule has 1 aliphatic rings. The van der Waals surface area contributed by atoms with Gasteiger partial charge in [0.2, 0.25) is 5.91 Å². The molecule has 44 heavy (non-hydrogen) atoms. The smallest absolute Gasteiger partial charge is 0.251 e. The molecular weight excluding hydrogens is 566 g/mol. The largest absolute Gasteiger partial charge is 0.378 e. The number of hydrogen-bond acceptors (Lipinski definition) is 6. The van der Waals surface area contributed by atoms with Crippen molar-refractivity contribution in [3.63, 3.8) is 0 Å². The Morgan fingerprint density at radius 3 is 2.39 bits per heavy atom. The Hall–Kier alpha value is -5.16. The number of carbonyl (C=O) groups excluding carboxylic acids is 2. The van der Waals surface area contributed by atoms with Gasteiger partial charge in [0.15, 0.2) is 0 Å². The van der Waals surface area contributed by atoms with Gasteiger partial charge in [0.1, 0.15) is 29.7 Å². The molecule has 2 amide bonds. The van der Waals surface area contributed by atoms with Gasteiger partial charge in [-0.2, -0.15) is 0 Å². The van der Waals surface area contributed by atoms with Crippen molar-refractivity contribution in [1.82, 2.24) is 19.9 Å². The van der Waals surface area contributed by atoms with E-state index in [-0.39, 0.29) is 18.7 Å². The third-order valence-electron chi connectivity index (χ3n) is 7.53. The summed E-state index contributed by atoms with van der Waals surface area (Å²) in [7, 11) is 0. The van der Waals surface area contributed by atoms with Gasteiger partial charge in [0, 0.05) is 31.0 Å². The van der Waals surface area contributed by atoms with Crippen LogP contribution in [0.25, 0.3) is 11.0 Å². The fourth-order valence-electron chi connectivity index (χ4n) is 5.30. The number of nitrogens with one attached hydrogen (secondary N) is 1. The number of fused-ring (bicyclic) bond motifs is 1. The van der Waals surface area contributed by atoms with Crippen LogP contribution in [0.3, 0.4) is 0 Å². The van der Waals surface area contributed by atoms with E-state index < -0.39 is 29.5 Å². The van der Waals surface area contributed by atoms with Crippen LogP contribution in [-0.4, -0.2) is 58.0 Å². The van der Waals surface area contributed by atoms with Gasteiger partial charge >= 0.3 is 0 Å². The molecule has 5 aromatic rings. The fraction of sp³-hybridized carbons (Fsp3) is 0.212. The van der Waals surface area contributed by atoms with Crippen LogP contribution in [0.5, 0.6) is 0 Å². The highest BCUT2D eigenvalue weighted by Crippen LogP contribution is 2.28. The van der Waals surface area contributed by atoms with Crippen LogP contribution in [0.1, 0.15) is 17.2 Å². The molecule has 1 fully saturated rings. The van der Waals surface area contributed by atoms with Gasteiger partial charge in [-0.05, 0) is 71.8 Å². The number of rotatable bonds is 9. The molecule has 0 spiro atoms. The second-order valence-electron chi connectivity index (χ2n) is 10.5. The second-order valence-corrected chi connectivity index (χ2v) is 10.5. The molecule has 2 heterocycles. The number of anilines is 2. The Morgan fingerprint density at radius 2 is 1.64 bits per heavy atom. The number of para-hydroxylation sites is 1. The minimum absolute atomic E-state index is 0.0453. The molecule has 1 N–H and O–H groups in total. The molecule has 1 aliphatic heterocycles. The highest BCUT2D eigenvalue weighted by atomic mass is 19.1. The van der Waals surface area contributed by atoms with E-state index >= 15 is 0 Å². The zero-order valence-electron chi connectivity index (χ0n) is 23.8. The predicted octanol–water partition coefficient (Wildman–Crippen LogP) is 4.95. The van der Waals surface area contributed by atoms with Crippen LogP contribution >= 0.6 is 0 Å². The first-order chi connectivity index (χ1) is 21.4. The summed E-state index contributed by atoms with van der Waals surface area (Å²) >= 11 is 0. The van der Waals surface area contributed by atoms with Crippen LogP contribution in [0.2, 0.25) is 0 Å². The van der Waals surface area contributed by atoms with E-state index in [1.165, 1.54) is 39.9 Å². The Balaban J connectivity index is 1.33. The van der Waals surface area contributed by atoms with Crippen LogP contribution in [0.4, 0.5) is 20.2 Å². The quantitative estimate of drug-likeness (QED) is 0.259. The average Bonchev–Trinajstić information content (AvgIpc) is 3.45. The van der Waals surface area contributed by atoms with Gasteiger partial charge in [-0.1, -0.05) is 41.6 Å². The van der Waals surface area contributed by atoms with E-state index in [4.69, 9.17) is 4.74 Å². The van der Waals surface area contributed by atoms with Crippen molar-refractivity contribution in [1.29, 1.82) is 0 Å². The standard InChI is InChI=1S/C33H30F2N6O3/c34-25-10-8-23(9-11-25)21-40(31(42)22-41-30-7-2-1-6-29(30)37-38-41)32(24-4-3-5-26(35)20-24)33(43)36-27-12-14-28(15-13-27)39-16-18-44-19-17-39/h1-15,20,32H,16-19,21-22H2,(H,36,43). The number of nitrogens with zero attached hydrogens (tertiary/aromatic N) is 5. The van der Waals surface area contributed by atoms with E-state index in [0.717, 1.165) is 18.8 Å². The maximum atomic E-state index is 14.5. The molecule has 0 bridgehead atoms. The van der Waals surface area contributed by atoms with Crippen molar-refractivity contribution in [2.24, 2.45) is 0 Å². The normalized spacial score (nSPS) is 13.9. The number of amides is 2. The molecule has 0 saturated carbocycles. The molecule has 6 rings (SSSR count). The maximum Gasteiger partial charge on any atom is 0.251 e. The number of aromatic nitrogens is 3. The lowest BCUT2D eigenvalue weighted by Gasteiger charge is -2.32. The fourth-order valence-corrected chi connectivity index (χ4v) is 5.30. The third-order valence-corrected chi connectivity index (χ3v) is 7.53. The highest BCUT2D eigenvalue weighted by Gasteiger charge is 2.33. The van der Waals surface area contributed by atoms with Crippen LogP contribution in [0.15, 0.2) is 97.1 Å². The maximum absolute atomic E-state index is 14.5. The molecule has 1 saturated heterocycles. The van der Waals surface area contributed by atoms with Crippen LogP contribution in [0, 0.1) is 11.6 Å². The molecule has 9 nitrogen and oxygen atoms in total. The zero-order valence-corrected chi connectivity index (χ0v) is 23.8. The van der Waals surface area contributed by atoms with Gasteiger partial charge in [0.25, 0.3) is 5.91 Å². The number of ether oxygens (including phenoxy) is 1. The Morgan fingerprint density at radius 1 is 0.886 bits per heavy atom. The minimum atomic E-state index is -1.23. The summed E-state index contributed by atoms with van der Waals surface area (Å²) in [5.74, 6) is -1.97. The summed E-state index contributed by atoms with van der Waals surface area (Å²) < 4.78 is 35.2. The van der Waals surface area contributed by atoms with Gasteiger partial charge < -0.3 is 19.9 Å². The van der Waals surface area contributed by atoms with Gasteiger partial charge in [0.05, 0.1) is 18.7 Å². The lowest BCUT2D eigenvalue weighted by molar-refractivity contribution is -0.140. The Labute approximate surface area is 252 Å². The first-order valence-corrected chi connectivity index (χ1v) is 14.3. The monoisotopic (exact) mass is 596 g/mol. The molecular formula is C33H30F2N6O3. The lowest BCUT2D eigenvalue weighted by atomic mass is 10.0. The molecule has 1 atom stereocenters. The van der Waals surface area contributed by atoms with Gasteiger partial charge in [-0.25, -0.2) is 13.5 Å². The molecule has 0 radical (unpaired) electrons. The van der Waals surface area contributed by atoms with E-state index in [9.17, 15) is 18.4 Å². The highest BCUT2D eigenvalue weighted by molar-refractivity contribution is 5.98. The molecule has 224 valence electrons. The van der Waals surface area contributed by atoms with Crippen molar-refractivity contribution in [2.75, 3.05) is 36.5 Å². The predicted molar refractivity (Wildman–Crippen MR) is 162 cm³/mol. The summed E-state index contributed by atoms with van der Waals surface area (Å²) in [6.45, 7) is 2.57. The number of hydrogen-bond donors (Lipinski definition) is 1. The summed E-state index contributed by atoms with van der Waals surface area (Å²) in [5.41, 5.74) is 3.66. The first kappa shape index (κ1) is 28.9. The van der Waals surface area contributed by atoms with Crippen LogP contribution in [-0.2, 0) is 27.4 Å². The topological polar surface area (TPSA) is 92.6 Å². The van der Waals surface area contributed by atoms with E-state index in [2.05, 4.69) is 20.5 Å². The number of benzene rings is 4. The molecule has 1 aromatic heterocycles. The molecule has 0 aliphatic carbocycles. The molecule has 4 aromatic carbocycles. The van der Waals surface area contributed by atoms with Gasteiger partial charge in [-0.15, -0.1) is 5.10 Å². The van der Waals surface area contributed by atoms with Crippen molar-refractivity contribution in [2.45, 2.75) is 19.1 Å². The molecule has 11 heteroatoms. The van der Waals surface area contributed by atoms with E-state index in [1.54, 1.807) is 42.5 Å². The summed E-state index contributed by atoms with van der Waals surface area (Å²) in [5, 5.41) is 11.2. The van der Waals surface area contributed by atoms with Crippen molar-refractivity contribution in [3.8, 4) is 0 Å². The number of carbonyl (C=O) groups is 2. The van der Waals surface area contributed by atoms with Crippen molar-refractivity contribution < 1.29 is 23.1 Å². The van der Waals surface area contributed by atoms with Crippen LogP contribution < -0.4 is 10.2 Å². The first-order valence-electron chi connectivity index (χ1n) is 14.3. The third kappa shape index (κ3) is 6.57. The summed E-state index contributed by atoms with van der Waals surface area (Å²) in [6, 6.07) is 24.7. The Kier molecular flexibility index (Phi) is 8.55. The zero-order chi connectivity index (χ0) is 30.5. The molecule has 1 unspecified atom stereocenters. The SMILES string of the molecule is O=C(Nc1ccc(N2CCOCC2)cc1)C(c1cccc(F)c1)N(Cc1ccc(F)cc1)C(=O)Cn1nnc2ccccc21. The number of halogens is 2. The Bertz CT molecular complexity index is 1750. The van der Waals surface area contributed by atoms with E-state index in [0.29, 0.717) is 35.5 Å². The van der Waals surface area contributed by atoms with Crippen molar-refractivity contribution in [3.05, 3.63) is 120 Å². The van der Waals surface area contributed by atoms with Gasteiger partial charge in [-0.3, -0.25) is 9.59 Å². The average molecular weight is 597 g/mol. The minimum Gasteiger partial charge on any atom is -0.378 e. The summed E-state index contributed by atoms with van der Waals surface area (Å²) in [4.78, 5) is 31.7.